The number of benzene rings is 2. The molecule has 0 aliphatic heterocycles. The number of halogens is 4. The fraction of sp³-hybridized carbons (Fsp3) is 0.211. The fourth-order valence-corrected chi connectivity index (χ4v) is 2.30. The number of nitrogens with one attached hydrogen (secondary N) is 3. The van der Waals surface area contributed by atoms with Crippen molar-refractivity contribution < 1.29 is 32.6 Å². The first-order valence-corrected chi connectivity index (χ1v) is 9.46. The van der Waals surface area contributed by atoms with E-state index in [4.69, 9.17) is 32.7 Å². The zero-order chi connectivity index (χ0) is 22.8. The standard InChI is InChI=1S/C19H17Cl2F2N3O5/c20-13-3-1-11(5-14(13)21)30-8-18(28)24-7-17(27)25-10-26-19(29)9-31-12-2-4-15(22)16(23)6-12/h1-6H,7-10H2,(H,24,28)(H,25,27)(H,26,29). The minimum absolute atomic E-state index is 0.0242. The number of carbonyl (C=O) groups excluding carboxylic acids is 3. The van der Waals surface area contributed by atoms with Gasteiger partial charge in [0, 0.05) is 12.1 Å². The summed E-state index contributed by atoms with van der Waals surface area (Å²) < 4.78 is 36.1. The Labute approximate surface area is 185 Å². The monoisotopic (exact) mass is 475 g/mol. The topological polar surface area (TPSA) is 106 Å². The minimum atomic E-state index is -1.10. The quantitative estimate of drug-likeness (QED) is 0.456. The maximum Gasteiger partial charge on any atom is 0.259 e. The summed E-state index contributed by atoms with van der Waals surface area (Å²) in [6.45, 7) is -1.38. The maximum absolute atomic E-state index is 13.0. The summed E-state index contributed by atoms with van der Waals surface area (Å²) in [5.41, 5.74) is 0. The molecule has 2 aromatic carbocycles. The van der Waals surface area contributed by atoms with Gasteiger partial charge in [-0.25, -0.2) is 8.78 Å². The Hall–Kier alpha value is -3.11. The third-order valence-electron chi connectivity index (χ3n) is 3.54. The van der Waals surface area contributed by atoms with Crippen molar-refractivity contribution in [3.63, 3.8) is 0 Å². The molecule has 3 amide bonds. The van der Waals surface area contributed by atoms with E-state index in [0.29, 0.717) is 10.8 Å². The highest BCUT2D eigenvalue weighted by atomic mass is 35.5. The number of hydrogen-bond acceptors (Lipinski definition) is 5. The molecule has 0 bridgehead atoms. The molecule has 8 nitrogen and oxygen atoms in total. The molecular formula is C19H17Cl2F2N3O5. The fourth-order valence-electron chi connectivity index (χ4n) is 2.02. The smallest absolute Gasteiger partial charge is 0.259 e. The Kier molecular flexibility index (Phi) is 9.29. The second-order valence-electron chi connectivity index (χ2n) is 5.88. The molecule has 0 atom stereocenters. The van der Waals surface area contributed by atoms with Crippen molar-refractivity contribution >= 4 is 40.9 Å². The summed E-state index contributed by atoms with van der Waals surface area (Å²) in [5.74, 6) is -3.55. The van der Waals surface area contributed by atoms with Crippen LogP contribution in [-0.4, -0.2) is 44.1 Å². The number of amides is 3. The van der Waals surface area contributed by atoms with Gasteiger partial charge in [0.05, 0.1) is 23.3 Å². The SMILES string of the molecule is O=C(CNC(=O)COc1ccc(Cl)c(Cl)c1)NCNC(=O)COc1ccc(F)c(F)c1. The van der Waals surface area contributed by atoms with Crippen molar-refractivity contribution in [2.75, 3.05) is 26.4 Å². The molecule has 2 aromatic rings. The molecule has 2 rings (SSSR count). The summed E-state index contributed by atoms with van der Waals surface area (Å²) in [4.78, 5) is 35.0. The first kappa shape index (κ1) is 24.2. The van der Waals surface area contributed by atoms with Crippen LogP contribution in [0.5, 0.6) is 11.5 Å². The number of hydrogen-bond donors (Lipinski definition) is 3. The van der Waals surface area contributed by atoms with Gasteiger partial charge < -0.3 is 25.4 Å². The maximum atomic E-state index is 13.0. The van der Waals surface area contributed by atoms with Crippen LogP contribution in [0.2, 0.25) is 10.0 Å². The third kappa shape index (κ3) is 8.65. The Morgan fingerprint density at radius 1 is 0.742 bits per heavy atom. The van der Waals surface area contributed by atoms with E-state index in [1.54, 1.807) is 0 Å². The minimum Gasteiger partial charge on any atom is -0.484 e. The van der Waals surface area contributed by atoms with Crippen LogP contribution in [-0.2, 0) is 14.4 Å². The van der Waals surface area contributed by atoms with E-state index < -0.39 is 36.0 Å². The summed E-state index contributed by atoms with van der Waals surface area (Å²) in [6.07, 6.45) is 0. The highest BCUT2D eigenvalue weighted by Gasteiger charge is 2.09. The average molecular weight is 476 g/mol. The summed E-state index contributed by atoms with van der Waals surface area (Å²) >= 11 is 11.6. The second-order valence-corrected chi connectivity index (χ2v) is 6.70. The highest BCUT2D eigenvalue weighted by Crippen LogP contribution is 2.26. The number of rotatable bonds is 10. The van der Waals surface area contributed by atoms with E-state index in [9.17, 15) is 23.2 Å². The van der Waals surface area contributed by atoms with Gasteiger partial charge in [-0.05, 0) is 24.3 Å². The molecule has 12 heteroatoms. The Morgan fingerprint density at radius 2 is 1.32 bits per heavy atom. The lowest BCUT2D eigenvalue weighted by Gasteiger charge is -2.10. The van der Waals surface area contributed by atoms with Crippen molar-refractivity contribution in [1.82, 2.24) is 16.0 Å². The lowest BCUT2D eigenvalue weighted by atomic mass is 10.3. The van der Waals surface area contributed by atoms with E-state index in [-0.39, 0.29) is 30.6 Å². The van der Waals surface area contributed by atoms with E-state index in [1.807, 2.05) is 0 Å². The largest absolute Gasteiger partial charge is 0.484 e. The van der Waals surface area contributed by atoms with Crippen LogP contribution in [0.25, 0.3) is 0 Å². The molecule has 166 valence electrons. The Balaban J connectivity index is 1.58. The zero-order valence-corrected chi connectivity index (χ0v) is 17.4. The zero-order valence-electron chi connectivity index (χ0n) is 15.8. The van der Waals surface area contributed by atoms with Crippen LogP contribution in [0.3, 0.4) is 0 Å². The Morgan fingerprint density at radius 3 is 1.97 bits per heavy atom. The van der Waals surface area contributed by atoms with Gasteiger partial charge in [0.15, 0.2) is 24.8 Å². The van der Waals surface area contributed by atoms with Gasteiger partial charge in [-0.2, -0.15) is 0 Å². The molecular weight excluding hydrogens is 459 g/mol. The van der Waals surface area contributed by atoms with Crippen LogP contribution >= 0.6 is 23.2 Å². The van der Waals surface area contributed by atoms with Gasteiger partial charge >= 0.3 is 0 Å². The number of carbonyl (C=O) groups is 3. The average Bonchev–Trinajstić information content (AvgIpc) is 2.74. The summed E-state index contributed by atoms with van der Waals surface area (Å²) in [6, 6.07) is 7.34. The van der Waals surface area contributed by atoms with Crippen LogP contribution in [0.1, 0.15) is 0 Å². The lowest BCUT2D eigenvalue weighted by Crippen LogP contribution is -2.44. The van der Waals surface area contributed by atoms with E-state index >= 15 is 0 Å². The molecule has 0 fully saturated rings. The molecule has 3 N–H and O–H groups in total. The van der Waals surface area contributed by atoms with Crippen molar-refractivity contribution in [3.05, 3.63) is 58.1 Å². The van der Waals surface area contributed by atoms with Crippen LogP contribution in [0, 0.1) is 11.6 Å². The van der Waals surface area contributed by atoms with Crippen molar-refractivity contribution in [3.8, 4) is 11.5 Å². The first-order chi connectivity index (χ1) is 14.7. The molecule has 0 unspecified atom stereocenters. The third-order valence-corrected chi connectivity index (χ3v) is 4.28. The predicted octanol–water partition coefficient (Wildman–Crippen LogP) is 2.04. The summed E-state index contributed by atoms with van der Waals surface area (Å²) in [7, 11) is 0. The van der Waals surface area contributed by atoms with Gasteiger partial charge in [0.1, 0.15) is 11.5 Å². The molecule has 0 aromatic heterocycles. The van der Waals surface area contributed by atoms with E-state index in [0.717, 1.165) is 12.1 Å². The van der Waals surface area contributed by atoms with Crippen molar-refractivity contribution in [1.29, 1.82) is 0 Å². The van der Waals surface area contributed by atoms with Crippen molar-refractivity contribution in [2.45, 2.75) is 0 Å². The first-order valence-electron chi connectivity index (χ1n) is 8.70. The van der Waals surface area contributed by atoms with Gasteiger partial charge in [-0.1, -0.05) is 23.2 Å². The van der Waals surface area contributed by atoms with Gasteiger partial charge in [-0.3, -0.25) is 14.4 Å². The molecule has 0 radical (unpaired) electrons. The van der Waals surface area contributed by atoms with Crippen LogP contribution in [0.4, 0.5) is 8.78 Å². The molecule has 0 aliphatic carbocycles. The number of ether oxygens (including phenoxy) is 2. The van der Waals surface area contributed by atoms with E-state index in [1.165, 1.54) is 24.3 Å². The van der Waals surface area contributed by atoms with Gasteiger partial charge in [0.25, 0.3) is 11.8 Å². The van der Waals surface area contributed by atoms with E-state index in [2.05, 4.69) is 16.0 Å². The molecule has 0 saturated carbocycles. The molecule has 0 heterocycles. The lowest BCUT2D eigenvalue weighted by molar-refractivity contribution is -0.127. The molecule has 0 aliphatic rings. The Bertz CT molecular complexity index is 962. The molecule has 0 spiro atoms. The van der Waals surface area contributed by atoms with Crippen molar-refractivity contribution in [2.24, 2.45) is 0 Å². The van der Waals surface area contributed by atoms with Gasteiger partial charge in [0.2, 0.25) is 5.91 Å². The second kappa shape index (κ2) is 11.9. The highest BCUT2D eigenvalue weighted by molar-refractivity contribution is 6.42. The van der Waals surface area contributed by atoms with Gasteiger partial charge in [-0.15, -0.1) is 0 Å². The van der Waals surface area contributed by atoms with Crippen LogP contribution < -0.4 is 25.4 Å². The molecule has 0 saturated heterocycles. The van der Waals surface area contributed by atoms with Crippen LogP contribution in [0.15, 0.2) is 36.4 Å². The normalized spacial score (nSPS) is 10.2. The summed E-state index contributed by atoms with van der Waals surface area (Å²) in [5, 5.41) is 7.63. The molecule has 31 heavy (non-hydrogen) atoms. The predicted molar refractivity (Wildman–Crippen MR) is 108 cm³/mol.